The second-order valence-corrected chi connectivity index (χ2v) is 7.24. The first-order chi connectivity index (χ1) is 9.15. The molecule has 0 saturated heterocycles. The maximum absolute atomic E-state index is 11.2. The summed E-state index contributed by atoms with van der Waals surface area (Å²) in [6.45, 7) is 0. The van der Waals surface area contributed by atoms with E-state index in [1.807, 2.05) is 17.9 Å². The molecule has 4 saturated carbocycles. The molecule has 4 aliphatic carbocycles. The third-order valence-electron chi connectivity index (χ3n) is 6.26. The molecule has 4 aliphatic rings. The SMILES string of the molecule is Cn1nccc1CCC1(O)C2CC3CC(C2)CC1C3. The fourth-order valence-corrected chi connectivity index (χ4v) is 5.38. The molecular formula is C16H24N2O. The van der Waals surface area contributed by atoms with Crippen molar-refractivity contribution in [3.63, 3.8) is 0 Å². The normalized spacial score (nSPS) is 43.9. The van der Waals surface area contributed by atoms with Crippen molar-refractivity contribution in [2.75, 3.05) is 0 Å². The zero-order valence-corrected chi connectivity index (χ0v) is 11.8. The molecule has 0 amide bonds. The minimum absolute atomic E-state index is 0.377. The third-order valence-corrected chi connectivity index (χ3v) is 6.26. The van der Waals surface area contributed by atoms with Crippen molar-refractivity contribution >= 4 is 0 Å². The summed E-state index contributed by atoms with van der Waals surface area (Å²) in [6, 6.07) is 2.08. The van der Waals surface area contributed by atoms with Crippen LogP contribution in [0.15, 0.2) is 12.3 Å². The average Bonchev–Trinajstić information content (AvgIpc) is 2.78. The van der Waals surface area contributed by atoms with Crippen molar-refractivity contribution in [1.29, 1.82) is 0 Å². The molecule has 0 unspecified atom stereocenters. The lowest BCUT2D eigenvalue weighted by Gasteiger charge is -2.59. The first-order valence-corrected chi connectivity index (χ1v) is 7.84. The van der Waals surface area contributed by atoms with Gasteiger partial charge in [0.05, 0.1) is 5.60 Å². The molecule has 1 aromatic heterocycles. The summed E-state index contributed by atoms with van der Waals surface area (Å²) in [5, 5.41) is 15.5. The lowest BCUT2D eigenvalue weighted by atomic mass is 9.49. The van der Waals surface area contributed by atoms with Gasteiger partial charge in [0.1, 0.15) is 0 Å². The van der Waals surface area contributed by atoms with Gasteiger partial charge in [-0.25, -0.2) is 0 Å². The second kappa shape index (κ2) is 4.08. The number of aryl methyl sites for hydroxylation is 2. The fourth-order valence-electron chi connectivity index (χ4n) is 5.38. The van der Waals surface area contributed by atoms with E-state index >= 15 is 0 Å². The molecule has 0 aliphatic heterocycles. The average molecular weight is 260 g/mol. The van der Waals surface area contributed by atoms with E-state index in [-0.39, 0.29) is 5.60 Å². The highest BCUT2D eigenvalue weighted by Gasteiger charge is 2.55. The van der Waals surface area contributed by atoms with E-state index in [9.17, 15) is 5.11 Å². The molecule has 1 N–H and O–H groups in total. The molecule has 4 fully saturated rings. The van der Waals surface area contributed by atoms with E-state index in [0.717, 1.165) is 24.7 Å². The van der Waals surface area contributed by atoms with Crippen LogP contribution in [0.4, 0.5) is 0 Å². The van der Waals surface area contributed by atoms with Crippen LogP contribution in [0.5, 0.6) is 0 Å². The van der Waals surface area contributed by atoms with Crippen LogP contribution in [-0.4, -0.2) is 20.5 Å². The molecule has 5 rings (SSSR count). The predicted molar refractivity (Wildman–Crippen MR) is 73.5 cm³/mol. The Morgan fingerprint density at radius 2 is 1.84 bits per heavy atom. The minimum atomic E-state index is -0.377. The highest BCUT2D eigenvalue weighted by Crippen LogP contribution is 2.59. The topological polar surface area (TPSA) is 38.0 Å². The minimum Gasteiger partial charge on any atom is -0.389 e. The van der Waals surface area contributed by atoms with Gasteiger partial charge in [-0.15, -0.1) is 0 Å². The van der Waals surface area contributed by atoms with Crippen molar-refractivity contribution in [1.82, 2.24) is 9.78 Å². The standard InChI is InChI=1S/C16H24N2O/c1-18-15(3-5-17-18)2-4-16(19)13-7-11-6-12(9-13)10-14(16)8-11/h3,5,11-14,19H,2,4,6-10H2,1H3. The van der Waals surface area contributed by atoms with Gasteiger partial charge in [0.15, 0.2) is 0 Å². The molecule has 0 radical (unpaired) electrons. The number of aliphatic hydroxyl groups is 1. The lowest BCUT2D eigenvalue weighted by Crippen LogP contribution is -2.57. The zero-order valence-electron chi connectivity index (χ0n) is 11.8. The summed E-state index contributed by atoms with van der Waals surface area (Å²) in [6.07, 6.45) is 10.4. The van der Waals surface area contributed by atoms with Gasteiger partial charge in [0.25, 0.3) is 0 Å². The van der Waals surface area contributed by atoms with Crippen LogP contribution in [0.25, 0.3) is 0 Å². The van der Waals surface area contributed by atoms with Gasteiger partial charge in [0, 0.05) is 18.9 Å². The van der Waals surface area contributed by atoms with Crippen LogP contribution < -0.4 is 0 Å². The van der Waals surface area contributed by atoms with Crippen molar-refractivity contribution < 1.29 is 5.11 Å². The van der Waals surface area contributed by atoms with Gasteiger partial charge in [-0.3, -0.25) is 4.68 Å². The van der Waals surface area contributed by atoms with E-state index in [2.05, 4.69) is 11.2 Å². The zero-order chi connectivity index (χ0) is 13.0. The fraction of sp³-hybridized carbons (Fsp3) is 0.812. The monoisotopic (exact) mass is 260 g/mol. The number of hydrogen-bond donors (Lipinski definition) is 1. The highest BCUT2D eigenvalue weighted by atomic mass is 16.3. The molecule has 1 heterocycles. The van der Waals surface area contributed by atoms with Crippen molar-refractivity contribution in [2.45, 2.75) is 50.5 Å². The van der Waals surface area contributed by atoms with E-state index in [1.54, 1.807) is 0 Å². The second-order valence-electron chi connectivity index (χ2n) is 7.24. The van der Waals surface area contributed by atoms with Crippen LogP contribution in [-0.2, 0) is 13.5 Å². The largest absolute Gasteiger partial charge is 0.389 e. The molecule has 3 nitrogen and oxygen atoms in total. The Morgan fingerprint density at radius 3 is 2.37 bits per heavy atom. The number of nitrogens with zero attached hydrogens (tertiary/aromatic N) is 2. The van der Waals surface area contributed by atoms with Crippen molar-refractivity contribution in [3.8, 4) is 0 Å². The molecule has 4 bridgehead atoms. The summed E-state index contributed by atoms with van der Waals surface area (Å²) in [5.74, 6) is 3.02. The maximum Gasteiger partial charge on any atom is 0.0707 e. The van der Waals surface area contributed by atoms with Crippen LogP contribution >= 0.6 is 0 Å². The lowest BCUT2D eigenvalue weighted by molar-refractivity contribution is -0.176. The van der Waals surface area contributed by atoms with Gasteiger partial charge >= 0.3 is 0 Å². The van der Waals surface area contributed by atoms with Gasteiger partial charge in [0.2, 0.25) is 0 Å². The summed E-state index contributed by atoms with van der Waals surface area (Å²) in [5.41, 5.74) is 0.875. The van der Waals surface area contributed by atoms with Crippen molar-refractivity contribution in [3.05, 3.63) is 18.0 Å². The van der Waals surface area contributed by atoms with Crippen molar-refractivity contribution in [2.24, 2.45) is 30.7 Å². The quantitative estimate of drug-likeness (QED) is 0.907. The summed E-state index contributed by atoms with van der Waals surface area (Å²) in [7, 11) is 2.00. The first kappa shape index (κ1) is 12.0. The molecule has 0 aromatic carbocycles. The Hall–Kier alpha value is -0.830. The maximum atomic E-state index is 11.2. The van der Waals surface area contributed by atoms with Gasteiger partial charge in [-0.05, 0) is 74.7 Å². The predicted octanol–water partition coefficient (Wildman–Crippen LogP) is 2.54. The first-order valence-electron chi connectivity index (χ1n) is 7.84. The molecule has 104 valence electrons. The van der Waals surface area contributed by atoms with E-state index < -0.39 is 0 Å². The summed E-state index contributed by atoms with van der Waals surface area (Å²) in [4.78, 5) is 0. The number of hydrogen-bond acceptors (Lipinski definition) is 2. The molecule has 19 heavy (non-hydrogen) atoms. The van der Waals surface area contributed by atoms with E-state index in [0.29, 0.717) is 11.8 Å². The van der Waals surface area contributed by atoms with Crippen LogP contribution in [0, 0.1) is 23.7 Å². The smallest absolute Gasteiger partial charge is 0.0707 e. The van der Waals surface area contributed by atoms with E-state index in [4.69, 9.17) is 0 Å². The molecule has 0 atom stereocenters. The number of aromatic nitrogens is 2. The molecule has 0 spiro atoms. The Bertz CT molecular complexity index is 451. The van der Waals surface area contributed by atoms with Gasteiger partial charge < -0.3 is 5.11 Å². The molecule has 1 aromatic rings. The van der Waals surface area contributed by atoms with E-state index in [1.165, 1.54) is 37.8 Å². The Balaban J connectivity index is 1.52. The highest BCUT2D eigenvalue weighted by molar-refractivity contribution is 5.09. The Labute approximate surface area is 115 Å². The summed E-state index contributed by atoms with van der Waals surface area (Å²) < 4.78 is 1.94. The summed E-state index contributed by atoms with van der Waals surface area (Å²) >= 11 is 0. The van der Waals surface area contributed by atoms with Gasteiger partial charge in [-0.1, -0.05) is 0 Å². The van der Waals surface area contributed by atoms with Crippen LogP contribution in [0.1, 0.15) is 44.2 Å². The van der Waals surface area contributed by atoms with Gasteiger partial charge in [-0.2, -0.15) is 5.10 Å². The third kappa shape index (κ3) is 1.78. The van der Waals surface area contributed by atoms with Crippen LogP contribution in [0.3, 0.4) is 0 Å². The number of rotatable bonds is 3. The molecular weight excluding hydrogens is 236 g/mol. The molecule has 3 heteroatoms. The Kier molecular flexibility index (Phi) is 2.57. The Morgan fingerprint density at radius 1 is 1.21 bits per heavy atom. The van der Waals surface area contributed by atoms with Crippen LogP contribution in [0.2, 0.25) is 0 Å².